The minimum atomic E-state index is 0.0520. The summed E-state index contributed by atoms with van der Waals surface area (Å²) in [5.41, 5.74) is 1.99. The van der Waals surface area contributed by atoms with Crippen LogP contribution in [0.15, 0.2) is 24.5 Å². The van der Waals surface area contributed by atoms with Gasteiger partial charge in [0.2, 0.25) is 6.79 Å². The first kappa shape index (κ1) is 21.9. The lowest BCUT2D eigenvalue weighted by Gasteiger charge is -2.35. The number of anilines is 1. The summed E-state index contributed by atoms with van der Waals surface area (Å²) in [5, 5.41) is 4.33. The van der Waals surface area contributed by atoms with E-state index in [1.54, 1.807) is 6.33 Å². The molecule has 0 spiro atoms. The number of likely N-dealkylation sites (tertiary alicyclic amines) is 1. The van der Waals surface area contributed by atoms with Crippen LogP contribution < -0.4 is 14.8 Å². The van der Waals surface area contributed by atoms with Crippen LogP contribution in [0.5, 0.6) is 11.5 Å². The van der Waals surface area contributed by atoms with Crippen molar-refractivity contribution in [1.29, 1.82) is 0 Å². The Morgan fingerprint density at radius 2 is 2.12 bits per heavy atom. The summed E-state index contributed by atoms with van der Waals surface area (Å²) < 4.78 is 10.9. The van der Waals surface area contributed by atoms with Crippen molar-refractivity contribution >= 4 is 33.3 Å². The van der Waals surface area contributed by atoms with Gasteiger partial charge in [0.15, 0.2) is 11.5 Å². The Kier molecular flexibility index (Phi) is 6.07. The summed E-state index contributed by atoms with van der Waals surface area (Å²) in [5.74, 6) is 2.31. The van der Waals surface area contributed by atoms with Crippen molar-refractivity contribution in [2.75, 3.05) is 39.3 Å². The number of aryl methyl sites for hydroxylation is 1. The normalized spacial score (nSPS) is 18.0. The van der Waals surface area contributed by atoms with Gasteiger partial charge in [-0.25, -0.2) is 9.97 Å². The van der Waals surface area contributed by atoms with E-state index in [9.17, 15) is 4.79 Å². The molecule has 0 aliphatic carbocycles. The van der Waals surface area contributed by atoms with Gasteiger partial charge >= 0.3 is 0 Å². The molecule has 0 saturated carbocycles. The van der Waals surface area contributed by atoms with Gasteiger partial charge in [0.25, 0.3) is 5.91 Å². The van der Waals surface area contributed by atoms with Crippen LogP contribution in [0.25, 0.3) is 10.2 Å². The molecule has 1 N–H and O–H groups in total. The molecule has 1 saturated heterocycles. The molecule has 1 amide bonds. The number of thiophene rings is 1. The molecule has 0 radical (unpaired) electrons. The number of hydrogen-bond acceptors (Lipinski definition) is 8. The summed E-state index contributed by atoms with van der Waals surface area (Å²) in [6.45, 7) is 4.67. The van der Waals surface area contributed by atoms with Gasteiger partial charge in [0.1, 0.15) is 17.0 Å². The van der Waals surface area contributed by atoms with Crippen LogP contribution in [-0.2, 0) is 6.54 Å². The van der Waals surface area contributed by atoms with Crippen LogP contribution in [0.1, 0.15) is 40.1 Å². The fourth-order valence-corrected chi connectivity index (χ4v) is 5.74. The van der Waals surface area contributed by atoms with Crippen molar-refractivity contribution in [2.24, 2.45) is 0 Å². The van der Waals surface area contributed by atoms with E-state index in [4.69, 9.17) is 9.47 Å². The minimum Gasteiger partial charge on any atom is -0.454 e. The first-order chi connectivity index (χ1) is 16.0. The second-order valence-corrected chi connectivity index (χ2v) is 9.81. The highest BCUT2D eigenvalue weighted by Gasteiger charge is 2.26. The molecule has 9 heteroatoms. The molecule has 2 aliphatic rings. The molecule has 174 valence electrons. The van der Waals surface area contributed by atoms with E-state index >= 15 is 0 Å². The zero-order valence-corrected chi connectivity index (χ0v) is 20.1. The highest BCUT2D eigenvalue weighted by Crippen LogP contribution is 2.35. The number of ether oxygens (including phenoxy) is 2. The Morgan fingerprint density at radius 1 is 1.27 bits per heavy atom. The smallest absolute Gasteiger partial charge is 0.264 e. The molecule has 1 aromatic carbocycles. The molecule has 1 atom stereocenters. The van der Waals surface area contributed by atoms with Gasteiger partial charge in [0.05, 0.1) is 10.3 Å². The number of aromatic nitrogens is 2. The molecule has 1 unspecified atom stereocenters. The van der Waals surface area contributed by atoms with Crippen molar-refractivity contribution in [3.63, 3.8) is 0 Å². The molecule has 3 aromatic rings. The Hall–Kier alpha value is -2.91. The Bertz CT molecular complexity index is 1180. The predicted octanol–water partition coefficient (Wildman–Crippen LogP) is 3.90. The standard InChI is InChI=1S/C24H29N5O3S/c1-15-20-22(25-11-16-7-8-18-19(10-16)32-14-31-18)26-13-27-23(20)33-21(15)24(30)29(3)12-17-6-4-5-9-28(17)2/h7-8,10,13,17H,4-6,9,11-12,14H2,1-3H3,(H,25,26,27). The van der Waals surface area contributed by atoms with Gasteiger partial charge in [0, 0.05) is 26.2 Å². The summed E-state index contributed by atoms with van der Waals surface area (Å²) in [6.07, 6.45) is 5.15. The maximum absolute atomic E-state index is 13.3. The molecule has 2 aliphatic heterocycles. The fraction of sp³-hybridized carbons (Fsp3) is 0.458. The third kappa shape index (κ3) is 4.35. The van der Waals surface area contributed by atoms with Crippen molar-refractivity contribution < 1.29 is 14.3 Å². The molecular weight excluding hydrogens is 438 g/mol. The van der Waals surface area contributed by atoms with Gasteiger partial charge < -0.3 is 24.6 Å². The van der Waals surface area contributed by atoms with E-state index in [0.29, 0.717) is 12.6 Å². The van der Waals surface area contributed by atoms with Gasteiger partial charge in [-0.1, -0.05) is 12.5 Å². The highest BCUT2D eigenvalue weighted by molar-refractivity contribution is 7.20. The summed E-state index contributed by atoms with van der Waals surface area (Å²) in [6, 6.07) is 6.31. The van der Waals surface area contributed by atoms with Crippen LogP contribution in [0.3, 0.4) is 0 Å². The van der Waals surface area contributed by atoms with Crippen LogP contribution in [-0.4, -0.2) is 65.7 Å². The number of benzene rings is 1. The molecule has 5 rings (SSSR count). The topological polar surface area (TPSA) is 79.8 Å². The van der Waals surface area contributed by atoms with Crippen LogP contribution >= 0.6 is 11.3 Å². The zero-order valence-electron chi connectivity index (χ0n) is 19.3. The molecule has 8 nitrogen and oxygen atoms in total. The lowest BCUT2D eigenvalue weighted by molar-refractivity contribution is 0.0721. The number of fused-ring (bicyclic) bond motifs is 2. The van der Waals surface area contributed by atoms with E-state index in [2.05, 4.69) is 27.2 Å². The van der Waals surface area contributed by atoms with Crippen molar-refractivity contribution in [3.05, 3.63) is 40.5 Å². The van der Waals surface area contributed by atoms with E-state index in [1.165, 1.54) is 24.2 Å². The molecule has 4 heterocycles. The third-order valence-electron chi connectivity index (χ3n) is 6.57. The molecule has 0 bridgehead atoms. The zero-order chi connectivity index (χ0) is 22.9. The minimum absolute atomic E-state index is 0.0520. The third-order valence-corrected chi connectivity index (χ3v) is 7.76. The fourth-order valence-electron chi connectivity index (χ4n) is 4.59. The average molecular weight is 468 g/mol. The number of nitrogens with one attached hydrogen (secondary N) is 1. The average Bonchev–Trinajstić information content (AvgIpc) is 3.43. The monoisotopic (exact) mass is 467 g/mol. The number of rotatable bonds is 6. The van der Waals surface area contributed by atoms with Gasteiger partial charge in [-0.2, -0.15) is 0 Å². The van der Waals surface area contributed by atoms with E-state index < -0.39 is 0 Å². The second kappa shape index (κ2) is 9.15. The van der Waals surface area contributed by atoms with E-state index in [1.807, 2.05) is 37.1 Å². The predicted molar refractivity (Wildman–Crippen MR) is 129 cm³/mol. The lowest BCUT2D eigenvalue weighted by Crippen LogP contribution is -2.45. The summed E-state index contributed by atoms with van der Waals surface area (Å²) in [7, 11) is 4.06. The van der Waals surface area contributed by atoms with Gasteiger partial charge in [-0.15, -0.1) is 11.3 Å². The summed E-state index contributed by atoms with van der Waals surface area (Å²) >= 11 is 1.44. The number of carbonyl (C=O) groups is 1. The van der Waals surface area contributed by atoms with E-state index in [-0.39, 0.29) is 12.7 Å². The maximum atomic E-state index is 13.3. The SMILES string of the molecule is Cc1c(C(=O)N(C)CC2CCCCN2C)sc2ncnc(NCc3ccc4c(c3)OCO4)c12. The van der Waals surface area contributed by atoms with Crippen LogP contribution in [0, 0.1) is 6.92 Å². The first-order valence-electron chi connectivity index (χ1n) is 11.3. The Labute approximate surface area is 197 Å². The number of likely N-dealkylation sites (N-methyl/N-ethyl adjacent to an activating group) is 2. The molecule has 1 fully saturated rings. The number of carbonyl (C=O) groups excluding carboxylic acids is 1. The number of nitrogens with zero attached hydrogens (tertiary/aromatic N) is 4. The van der Waals surface area contributed by atoms with Gasteiger partial charge in [-0.3, -0.25) is 4.79 Å². The second-order valence-electron chi connectivity index (χ2n) is 8.82. The van der Waals surface area contributed by atoms with Gasteiger partial charge in [-0.05, 0) is 56.6 Å². The maximum Gasteiger partial charge on any atom is 0.264 e. The lowest BCUT2D eigenvalue weighted by atomic mass is 10.0. The number of piperidine rings is 1. The molecule has 2 aromatic heterocycles. The largest absolute Gasteiger partial charge is 0.454 e. The molecular formula is C24H29N5O3S. The van der Waals surface area contributed by atoms with Crippen molar-refractivity contribution in [2.45, 2.75) is 38.8 Å². The van der Waals surface area contributed by atoms with Crippen molar-refractivity contribution in [1.82, 2.24) is 19.8 Å². The van der Waals surface area contributed by atoms with E-state index in [0.717, 1.165) is 63.0 Å². The highest BCUT2D eigenvalue weighted by atomic mass is 32.1. The van der Waals surface area contributed by atoms with Crippen LogP contribution in [0.2, 0.25) is 0 Å². The Balaban J connectivity index is 1.34. The number of amides is 1. The quantitative estimate of drug-likeness (QED) is 0.589. The summed E-state index contributed by atoms with van der Waals surface area (Å²) in [4.78, 5) is 28.0. The van der Waals surface area contributed by atoms with Crippen molar-refractivity contribution in [3.8, 4) is 11.5 Å². The molecule has 33 heavy (non-hydrogen) atoms. The van der Waals surface area contributed by atoms with Crippen LogP contribution in [0.4, 0.5) is 5.82 Å². The Morgan fingerprint density at radius 3 is 2.97 bits per heavy atom. The number of hydrogen-bond donors (Lipinski definition) is 1. The first-order valence-corrected chi connectivity index (χ1v) is 12.1.